The summed E-state index contributed by atoms with van der Waals surface area (Å²) >= 11 is 1.68. The quantitative estimate of drug-likeness (QED) is 0.853. The summed E-state index contributed by atoms with van der Waals surface area (Å²) < 4.78 is 0. The van der Waals surface area contributed by atoms with Crippen LogP contribution in [0.25, 0.3) is 0 Å². The van der Waals surface area contributed by atoms with E-state index in [-0.39, 0.29) is 11.9 Å². The number of thiophene rings is 1. The van der Waals surface area contributed by atoms with Crippen LogP contribution in [0.1, 0.15) is 35.9 Å². The SMILES string of the molecule is CCN(CC)[C@H](CNC(=O)c1cnccn1)c1ccsc1. The molecule has 6 heteroatoms. The van der Waals surface area contributed by atoms with E-state index >= 15 is 0 Å². The maximum absolute atomic E-state index is 12.1. The lowest BCUT2D eigenvalue weighted by molar-refractivity contribution is 0.0929. The first-order valence-electron chi connectivity index (χ1n) is 7.06. The lowest BCUT2D eigenvalue weighted by atomic mass is 10.1. The van der Waals surface area contributed by atoms with Gasteiger partial charge in [0.25, 0.3) is 5.91 Å². The van der Waals surface area contributed by atoms with Crippen LogP contribution in [0.4, 0.5) is 0 Å². The summed E-state index contributed by atoms with van der Waals surface area (Å²) in [5.74, 6) is -0.185. The molecule has 1 N–H and O–H groups in total. The summed E-state index contributed by atoms with van der Waals surface area (Å²) in [5, 5.41) is 7.16. The average molecular weight is 304 g/mol. The molecule has 2 aromatic heterocycles. The van der Waals surface area contributed by atoms with Gasteiger partial charge in [0, 0.05) is 18.9 Å². The van der Waals surface area contributed by atoms with E-state index in [9.17, 15) is 4.79 Å². The highest BCUT2D eigenvalue weighted by Crippen LogP contribution is 2.22. The Kier molecular flexibility index (Phi) is 5.83. The van der Waals surface area contributed by atoms with Crippen LogP contribution < -0.4 is 5.32 Å². The molecule has 0 spiro atoms. The third-order valence-electron chi connectivity index (χ3n) is 3.43. The molecule has 0 unspecified atom stereocenters. The maximum atomic E-state index is 12.1. The Balaban J connectivity index is 2.04. The van der Waals surface area contributed by atoms with E-state index in [1.807, 2.05) is 0 Å². The third kappa shape index (κ3) is 4.09. The Morgan fingerprint density at radius 2 is 2.19 bits per heavy atom. The van der Waals surface area contributed by atoms with Crippen LogP contribution in [-0.4, -0.2) is 40.4 Å². The summed E-state index contributed by atoms with van der Waals surface area (Å²) in [6.45, 7) is 6.71. The van der Waals surface area contributed by atoms with Gasteiger partial charge in [-0.25, -0.2) is 4.98 Å². The van der Waals surface area contributed by atoms with Crippen molar-refractivity contribution in [1.29, 1.82) is 0 Å². The Morgan fingerprint density at radius 3 is 2.76 bits per heavy atom. The number of hydrogen-bond donors (Lipinski definition) is 1. The Labute approximate surface area is 129 Å². The largest absolute Gasteiger partial charge is 0.349 e. The molecule has 0 aliphatic rings. The summed E-state index contributed by atoms with van der Waals surface area (Å²) in [6, 6.07) is 2.30. The van der Waals surface area contributed by atoms with Crippen LogP contribution in [-0.2, 0) is 0 Å². The van der Waals surface area contributed by atoms with Gasteiger partial charge in [-0.15, -0.1) is 0 Å². The van der Waals surface area contributed by atoms with Gasteiger partial charge in [-0.05, 0) is 35.5 Å². The van der Waals surface area contributed by atoms with Crippen molar-refractivity contribution in [2.24, 2.45) is 0 Å². The van der Waals surface area contributed by atoms with E-state index in [4.69, 9.17) is 0 Å². The molecule has 112 valence electrons. The van der Waals surface area contributed by atoms with E-state index in [0.29, 0.717) is 12.2 Å². The monoisotopic (exact) mass is 304 g/mol. The van der Waals surface area contributed by atoms with Crippen molar-refractivity contribution in [3.63, 3.8) is 0 Å². The predicted molar refractivity (Wildman–Crippen MR) is 84.3 cm³/mol. The number of aromatic nitrogens is 2. The molecular weight excluding hydrogens is 284 g/mol. The van der Waals surface area contributed by atoms with E-state index in [1.165, 1.54) is 18.0 Å². The van der Waals surface area contributed by atoms with Gasteiger partial charge >= 0.3 is 0 Å². The lowest BCUT2D eigenvalue weighted by Crippen LogP contribution is -2.38. The zero-order valence-electron chi connectivity index (χ0n) is 12.3. The maximum Gasteiger partial charge on any atom is 0.271 e. The smallest absolute Gasteiger partial charge is 0.271 e. The lowest BCUT2D eigenvalue weighted by Gasteiger charge is -2.29. The van der Waals surface area contributed by atoms with Crippen LogP contribution in [0.5, 0.6) is 0 Å². The van der Waals surface area contributed by atoms with Gasteiger partial charge in [0.15, 0.2) is 0 Å². The normalized spacial score (nSPS) is 12.3. The van der Waals surface area contributed by atoms with Crippen molar-refractivity contribution in [1.82, 2.24) is 20.2 Å². The number of likely N-dealkylation sites (N-methyl/N-ethyl adjacent to an activating group) is 1. The highest BCUT2D eigenvalue weighted by atomic mass is 32.1. The molecule has 5 nitrogen and oxygen atoms in total. The number of nitrogens with zero attached hydrogens (tertiary/aromatic N) is 3. The molecule has 0 bridgehead atoms. The number of hydrogen-bond acceptors (Lipinski definition) is 5. The minimum Gasteiger partial charge on any atom is -0.349 e. The molecule has 0 aliphatic carbocycles. The van der Waals surface area contributed by atoms with Gasteiger partial charge in [0.1, 0.15) is 5.69 Å². The van der Waals surface area contributed by atoms with Crippen LogP contribution in [0, 0.1) is 0 Å². The van der Waals surface area contributed by atoms with E-state index in [1.54, 1.807) is 17.5 Å². The molecule has 2 heterocycles. The summed E-state index contributed by atoms with van der Waals surface area (Å²) in [7, 11) is 0. The van der Waals surface area contributed by atoms with Crippen LogP contribution in [0.2, 0.25) is 0 Å². The van der Waals surface area contributed by atoms with Crippen molar-refractivity contribution in [3.8, 4) is 0 Å². The summed E-state index contributed by atoms with van der Waals surface area (Å²) in [6.07, 6.45) is 4.56. The van der Waals surface area contributed by atoms with Gasteiger partial charge in [0.05, 0.1) is 12.2 Å². The zero-order chi connectivity index (χ0) is 15.1. The first-order valence-corrected chi connectivity index (χ1v) is 8.00. The van der Waals surface area contributed by atoms with Crippen molar-refractivity contribution >= 4 is 17.2 Å². The first kappa shape index (κ1) is 15.6. The van der Waals surface area contributed by atoms with E-state index in [0.717, 1.165) is 13.1 Å². The molecule has 2 rings (SSSR count). The summed E-state index contributed by atoms with van der Waals surface area (Å²) in [4.78, 5) is 22.4. The number of carbonyl (C=O) groups excluding carboxylic acids is 1. The minimum absolute atomic E-state index is 0.185. The van der Waals surface area contributed by atoms with E-state index in [2.05, 4.69) is 50.9 Å². The topological polar surface area (TPSA) is 58.1 Å². The molecule has 0 saturated heterocycles. The third-order valence-corrected chi connectivity index (χ3v) is 4.13. The van der Waals surface area contributed by atoms with E-state index < -0.39 is 0 Å². The second-order valence-electron chi connectivity index (χ2n) is 4.59. The van der Waals surface area contributed by atoms with Crippen molar-refractivity contribution < 1.29 is 4.79 Å². The Morgan fingerprint density at radius 1 is 1.38 bits per heavy atom. The predicted octanol–water partition coefficient (Wildman–Crippen LogP) is 2.35. The highest BCUT2D eigenvalue weighted by Gasteiger charge is 2.19. The van der Waals surface area contributed by atoms with Crippen LogP contribution in [0.3, 0.4) is 0 Å². The molecule has 0 radical (unpaired) electrons. The van der Waals surface area contributed by atoms with Gasteiger partial charge < -0.3 is 5.32 Å². The van der Waals surface area contributed by atoms with Crippen LogP contribution >= 0.6 is 11.3 Å². The second kappa shape index (κ2) is 7.85. The highest BCUT2D eigenvalue weighted by molar-refractivity contribution is 7.07. The van der Waals surface area contributed by atoms with Crippen molar-refractivity contribution in [2.45, 2.75) is 19.9 Å². The fraction of sp³-hybridized carbons (Fsp3) is 0.400. The molecule has 2 aromatic rings. The number of rotatable bonds is 7. The fourth-order valence-electron chi connectivity index (χ4n) is 2.28. The standard InChI is InChI=1S/C15H20N4OS/c1-3-19(4-2)14(12-5-8-21-11-12)10-18-15(20)13-9-16-6-7-17-13/h5-9,11,14H,3-4,10H2,1-2H3,(H,18,20)/t14-/m1/s1. The first-order chi connectivity index (χ1) is 10.3. The summed E-state index contributed by atoms with van der Waals surface area (Å²) in [5.41, 5.74) is 1.59. The fourth-order valence-corrected chi connectivity index (χ4v) is 2.99. The Hall–Kier alpha value is -1.79. The van der Waals surface area contributed by atoms with Crippen LogP contribution in [0.15, 0.2) is 35.4 Å². The van der Waals surface area contributed by atoms with Crippen molar-refractivity contribution in [3.05, 3.63) is 46.7 Å². The van der Waals surface area contributed by atoms with Gasteiger partial charge in [-0.1, -0.05) is 13.8 Å². The molecule has 21 heavy (non-hydrogen) atoms. The zero-order valence-corrected chi connectivity index (χ0v) is 13.1. The molecule has 0 saturated carbocycles. The average Bonchev–Trinajstić information content (AvgIpc) is 3.06. The molecule has 1 atom stereocenters. The second-order valence-corrected chi connectivity index (χ2v) is 5.37. The van der Waals surface area contributed by atoms with Gasteiger partial charge in [0.2, 0.25) is 0 Å². The molecule has 0 aliphatic heterocycles. The Bertz CT molecular complexity index is 540. The molecule has 0 aromatic carbocycles. The van der Waals surface area contributed by atoms with Gasteiger partial charge in [-0.2, -0.15) is 11.3 Å². The minimum atomic E-state index is -0.185. The molecule has 1 amide bonds. The number of carbonyl (C=O) groups is 1. The molecular formula is C15H20N4OS. The number of nitrogens with one attached hydrogen (secondary N) is 1. The van der Waals surface area contributed by atoms with Crippen molar-refractivity contribution in [2.75, 3.05) is 19.6 Å². The van der Waals surface area contributed by atoms with Gasteiger partial charge in [-0.3, -0.25) is 14.7 Å². The molecule has 0 fully saturated rings. The number of amides is 1.